The number of halogens is 1. The number of hydrogen-bond donors (Lipinski definition) is 1. The van der Waals surface area contributed by atoms with Crippen LogP contribution in [0.5, 0.6) is 0 Å². The van der Waals surface area contributed by atoms with Crippen LogP contribution in [-0.2, 0) is 0 Å². The van der Waals surface area contributed by atoms with Gasteiger partial charge in [0, 0.05) is 10.9 Å². The zero-order chi connectivity index (χ0) is 9.14. The highest BCUT2D eigenvalue weighted by Crippen LogP contribution is 2.32. The van der Waals surface area contributed by atoms with Crippen LogP contribution in [0.4, 0.5) is 0 Å². The Hall–Kier alpha value is -0.0500. The minimum atomic E-state index is 0.126. The van der Waals surface area contributed by atoms with E-state index < -0.39 is 0 Å². The third-order valence-electron chi connectivity index (χ3n) is 1.86. The molecule has 0 aliphatic carbocycles. The molecule has 0 bridgehead atoms. The van der Waals surface area contributed by atoms with Crippen LogP contribution in [0, 0.1) is 6.92 Å². The third kappa shape index (κ3) is 2.00. The molecule has 0 fully saturated rings. The van der Waals surface area contributed by atoms with Crippen LogP contribution >= 0.6 is 22.9 Å². The summed E-state index contributed by atoms with van der Waals surface area (Å²) in [6.07, 6.45) is 2.12. The highest BCUT2D eigenvalue weighted by molar-refractivity contribution is 7.10. The van der Waals surface area contributed by atoms with Gasteiger partial charge in [0.15, 0.2) is 0 Å². The fraction of sp³-hybridized carbons (Fsp3) is 0.556. The van der Waals surface area contributed by atoms with Crippen molar-refractivity contribution in [2.24, 2.45) is 5.73 Å². The molecular weight excluding hydrogens is 190 g/mol. The minimum absolute atomic E-state index is 0.126. The number of rotatable bonds is 3. The van der Waals surface area contributed by atoms with E-state index in [2.05, 4.69) is 12.3 Å². The molecule has 0 spiro atoms. The standard InChI is InChI=1S/C9H14ClNS/c1-3-4-7(11)9-8(10)6(2)5-12-9/h5,7H,3-4,11H2,1-2H3/t7-/m1/s1. The summed E-state index contributed by atoms with van der Waals surface area (Å²) in [5, 5.41) is 2.92. The molecule has 68 valence electrons. The lowest BCUT2D eigenvalue weighted by Gasteiger charge is -2.07. The van der Waals surface area contributed by atoms with Crippen LogP contribution in [0.15, 0.2) is 5.38 Å². The summed E-state index contributed by atoms with van der Waals surface area (Å²) in [5.41, 5.74) is 7.09. The average Bonchev–Trinajstić information content (AvgIpc) is 2.34. The summed E-state index contributed by atoms with van der Waals surface area (Å²) in [5.74, 6) is 0. The quantitative estimate of drug-likeness (QED) is 0.800. The van der Waals surface area contributed by atoms with E-state index in [4.69, 9.17) is 17.3 Å². The summed E-state index contributed by atoms with van der Waals surface area (Å²) >= 11 is 7.74. The van der Waals surface area contributed by atoms with Crippen molar-refractivity contribution in [3.63, 3.8) is 0 Å². The topological polar surface area (TPSA) is 26.0 Å². The van der Waals surface area contributed by atoms with Crippen LogP contribution in [0.1, 0.15) is 36.2 Å². The summed E-state index contributed by atoms with van der Waals surface area (Å²) in [7, 11) is 0. The first-order chi connectivity index (χ1) is 5.66. The average molecular weight is 204 g/mol. The maximum absolute atomic E-state index is 6.07. The third-order valence-corrected chi connectivity index (χ3v) is 3.71. The Labute approximate surface area is 82.5 Å². The maximum atomic E-state index is 6.07. The van der Waals surface area contributed by atoms with Crippen molar-refractivity contribution in [1.82, 2.24) is 0 Å². The number of aryl methyl sites for hydroxylation is 1. The van der Waals surface area contributed by atoms with Crippen molar-refractivity contribution < 1.29 is 0 Å². The molecule has 0 radical (unpaired) electrons. The molecule has 1 atom stereocenters. The first-order valence-electron chi connectivity index (χ1n) is 4.15. The molecule has 0 aliphatic heterocycles. The molecule has 3 heteroatoms. The molecule has 0 unspecified atom stereocenters. The van der Waals surface area contributed by atoms with Gasteiger partial charge in [-0.05, 0) is 24.3 Å². The number of thiophene rings is 1. The largest absolute Gasteiger partial charge is 0.323 e. The first-order valence-corrected chi connectivity index (χ1v) is 5.41. The van der Waals surface area contributed by atoms with E-state index in [1.165, 1.54) is 0 Å². The van der Waals surface area contributed by atoms with Crippen molar-refractivity contribution in [3.8, 4) is 0 Å². The lowest BCUT2D eigenvalue weighted by Crippen LogP contribution is -2.08. The number of nitrogens with two attached hydrogens (primary N) is 1. The molecule has 12 heavy (non-hydrogen) atoms. The predicted octanol–water partition coefficient (Wildman–Crippen LogP) is 3.51. The Morgan fingerprint density at radius 1 is 1.67 bits per heavy atom. The zero-order valence-corrected chi connectivity index (χ0v) is 9.00. The van der Waals surface area contributed by atoms with Crippen LogP contribution in [0.2, 0.25) is 5.02 Å². The molecule has 0 saturated carbocycles. The molecule has 0 saturated heterocycles. The molecule has 0 aromatic carbocycles. The Morgan fingerprint density at radius 3 is 2.75 bits per heavy atom. The van der Waals surface area contributed by atoms with E-state index in [1.54, 1.807) is 11.3 Å². The molecule has 1 aromatic rings. The second kappa shape index (κ2) is 4.26. The van der Waals surface area contributed by atoms with E-state index in [0.717, 1.165) is 28.3 Å². The van der Waals surface area contributed by atoms with Crippen molar-refractivity contribution in [1.29, 1.82) is 0 Å². The van der Waals surface area contributed by atoms with Gasteiger partial charge in [-0.15, -0.1) is 11.3 Å². The van der Waals surface area contributed by atoms with Crippen LogP contribution in [0.3, 0.4) is 0 Å². The van der Waals surface area contributed by atoms with Crippen molar-refractivity contribution in [3.05, 3.63) is 20.8 Å². The highest BCUT2D eigenvalue weighted by Gasteiger charge is 2.12. The molecule has 1 heterocycles. The molecule has 1 aromatic heterocycles. The van der Waals surface area contributed by atoms with Gasteiger partial charge >= 0.3 is 0 Å². The maximum Gasteiger partial charge on any atom is 0.0590 e. The Morgan fingerprint density at radius 2 is 2.33 bits per heavy atom. The van der Waals surface area contributed by atoms with Gasteiger partial charge in [0.05, 0.1) is 5.02 Å². The van der Waals surface area contributed by atoms with E-state index in [0.29, 0.717) is 0 Å². The lowest BCUT2D eigenvalue weighted by molar-refractivity contribution is 0.648. The Balaban J connectivity index is 2.80. The first kappa shape index (κ1) is 10.0. The van der Waals surface area contributed by atoms with Gasteiger partial charge < -0.3 is 5.73 Å². The monoisotopic (exact) mass is 203 g/mol. The predicted molar refractivity (Wildman–Crippen MR) is 55.9 cm³/mol. The summed E-state index contributed by atoms with van der Waals surface area (Å²) < 4.78 is 0. The summed E-state index contributed by atoms with van der Waals surface area (Å²) in [6, 6.07) is 0.126. The van der Waals surface area contributed by atoms with E-state index in [1.807, 2.05) is 6.92 Å². The summed E-state index contributed by atoms with van der Waals surface area (Å²) in [6.45, 7) is 4.15. The normalized spacial score (nSPS) is 13.3. The van der Waals surface area contributed by atoms with Crippen LogP contribution in [-0.4, -0.2) is 0 Å². The summed E-state index contributed by atoms with van der Waals surface area (Å²) in [4.78, 5) is 1.14. The van der Waals surface area contributed by atoms with Gasteiger partial charge in [-0.25, -0.2) is 0 Å². The second-order valence-electron chi connectivity index (χ2n) is 2.99. The molecule has 2 N–H and O–H groups in total. The van der Waals surface area contributed by atoms with Crippen molar-refractivity contribution in [2.45, 2.75) is 32.7 Å². The molecule has 0 amide bonds. The molecule has 1 rings (SSSR count). The molecule has 1 nitrogen and oxygen atoms in total. The van der Waals surface area contributed by atoms with Gasteiger partial charge in [0.25, 0.3) is 0 Å². The van der Waals surface area contributed by atoms with Crippen LogP contribution < -0.4 is 5.73 Å². The lowest BCUT2D eigenvalue weighted by atomic mass is 10.1. The van der Waals surface area contributed by atoms with E-state index in [-0.39, 0.29) is 6.04 Å². The second-order valence-corrected chi connectivity index (χ2v) is 4.28. The smallest absolute Gasteiger partial charge is 0.0590 e. The fourth-order valence-corrected chi connectivity index (χ4v) is 2.51. The Bertz CT molecular complexity index is 257. The SMILES string of the molecule is CCC[C@@H](N)c1scc(C)c1Cl. The van der Waals surface area contributed by atoms with Crippen LogP contribution in [0.25, 0.3) is 0 Å². The van der Waals surface area contributed by atoms with Gasteiger partial charge in [-0.2, -0.15) is 0 Å². The molecular formula is C9H14ClNS. The number of hydrogen-bond acceptors (Lipinski definition) is 2. The van der Waals surface area contributed by atoms with Gasteiger partial charge in [0.1, 0.15) is 0 Å². The van der Waals surface area contributed by atoms with Gasteiger partial charge in [-0.3, -0.25) is 0 Å². The zero-order valence-electron chi connectivity index (χ0n) is 7.43. The van der Waals surface area contributed by atoms with Gasteiger partial charge in [-0.1, -0.05) is 24.9 Å². The molecule has 0 aliphatic rings. The highest BCUT2D eigenvalue weighted by atomic mass is 35.5. The van der Waals surface area contributed by atoms with E-state index >= 15 is 0 Å². The van der Waals surface area contributed by atoms with Crippen molar-refractivity contribution in [2.75, 3.05) is 0 Å². The Kier molecular flexibility index (Phi) is 3.56. The van der Waals surface area contributed by atoms with Gasteiger partial charge in [0.2, 0.25) is 0 Å². The minimum Gasteiger partial charge on any atom is -0.323 e. The fourth-order valence-electron chi connectivity index (χ4n) is 1.14. The van der Waals surface area contributed by atoms with E-state index in [9.17, 15) is 0 Å². The van der Waals surface area contributed by atoms with Crippen molar-refractivity contribution >= 4 is 22.9 Å².